The van der Waals surface area contributed by atoms with Gasteiger partial charge in [-0.3, -0.25) is 14.3 Å². The Kier molecular flexibility index (Phi) is 7.37. The van der Waals surface area contributed by atoms with Gasteiger partial charge in [0.25, 0.3) is 5.91 Å². The zero-order valence-corrected chi connectivity index (χ0v) is 17.2. The summed E-state index contributed by atoms with van der Waals surface area (Å²) in [4.78, 5) is 23.1. The second kappa shape index (κ2) is 10.2. The van der Waals surface area contributed by atoms with Crippen LogP contribution in [0.4, 0.5) is 27.8 Å². The fourth-order valence-corrected chi connectivity index (χ4v) is 2.78. The van der Waals surface area contributed by atoms with E-state index in [2.05, 4.69) is 30.7 Å². The van der Waals surface area contributed by atoms with Crippen LogP contribution in [0.2, 0.25) is 0 Å². The first kappa shape index (κ1) is 24.5. The fraction of sp³-hybridized carbons (Fsp3) is 0.333. The quantitative estimate of drug-likeness (QED) is 0.413. The van der Waals surface area contributed by atoms with Crippen molar-refractivity contribution in [3.05, 3.63) is 47.7 Å². The molecule has 34 heavy (non-hydrogen) atoms. The highest BCUT2D eigenvalue weighted by atomic mass is 19.4. The van der Waals surface area contributed by atoms with Crippen molar-refractivity contribution < 1.29 is 36.3 Å². The van der Waals surface area contributed by atoms with E-state index in [4.69, 9.17) is 5.73 Å². The lowest BCUT2D eigenvalue weighted by atomic mass is 10.1. The third kappa shape index (κ3) is 7.21. The number of carbonyl (C=O) groups excluding carboxylic acids is 2. The maximum Gasteiger partial charge on any atom is 0.573 e. The first-order valence-electron chi connectivity index (χ1n) is 9.56. The van der Waals surface area contributed by atoms with Gasteiger partial charge in [0.1, 0.15) is 17.7 Å². The molecule has 0 radical (unpaired) electrons. The normalized spacial score (nSPS) is 12.4. The summed E-state index contributed by atoms with van der Waals surface area (Å²) in [7, 11) is 0. The summed E-state index contributed by atoms with van der Waals surface area (Å²) in [5.41, 5.74) is 4.63. The predicted molar refractivity (Wildman–Crippen MR) is 103 cm³/mol. The van der Waals surface area contributed by atoms with Crippen molar-refractivity contribution >= 4 is 17.6 Å². The topological polar surface area (TPSA) is 143 Å². The fourth-order valence-electron chi connectivity index (χ4n) is 2.78. The van der Waals surface area contributed by atoms with Gasteiger partial charge in [0.05, 0.1) is 25.4 Å². The van der Waals surface area contributed by atoms with Crippen LogP contribution >= 0.6 is 0 Å². The Labute approximate surface area is 187 Å². The highest BCUT2D eigenvalue weighted by Crippen LogP contribution is 2.25. The van der Waals surface area contributed by atoms with Crippen molar-refractivity contribution in [2.45, 2.75) is 38.5 Å². The first-order valence-corrected chi connectivity index (χ1v) is 9.56. The van der Waals surface area contributed by atoms with Gasteiger partial charge in [-0.1, -0.05) is 10.4 Å². The SMILES string of the molecule is NC(=O)c1cn(CC(F)CCn2cc(NC(=O)Cc3cc(OC(F)(F)F)ccc3F)nn2)nn1. The Balaban J connectivity index is 1.50. The van der Waals surface area contributed by atoms with Crippen LogP contribution in [0.5, 0.6) is 5.75 Å². The van der Waals surface area contributed by atoms with Crippen LogP contribution < -0.4 is 15.8 Å². The molecule has 0 saturated carbocycles. The van der Waals surface area contributed by atoms with Crippen LogP contribution in [0.15, 0.2) is 30.6 Å². The number of anilines is 1. The van der Waals surface area contributed by atoms with Gasteiger partial charge < -0.3 is 15.8 Å². The van der Waals surface area contributed by atoms with Gasteiger partial charge in [0.15, 0.2) is 11.5 Å². The van der Waals surface area contributed by atoms with Crippen molar-refractivity contribution in [3.8, 4) is 5.75 Å². The zero-order chi connectivity index (χ0) is 24.9. The van der Waals surface area contributed by atoms with E-state index in [0.29, 0.717) is 0 Å². The number of nitrogens with one attached hydrogen (secondary N) is 1. The molecule has 1 aromatic carbocycles. The third-order valence-electron chi connectivity index (χ3n) is 4.26. The zero-order valence-electron chi connectivity index (χ0n) is 17.2. The molecule has 3 rings (SSSR count). The second-order valence-corrected chi connectivity index (χ2v) is 6.97. The summed E-state index contributed by atoms with van der Waals surface area (Å²) < 4.78 is 71.1. The molecule has 2 aromatic heterocycles. The number of benzene rings is 1. The van der Waals surface area contributed by atoms with Gasteiger partial charge in [-0.2, -0.15) is 0 Å². The molecule has 0 spiro atoms. The summed E-state index contributed by atoms with van der Waals surface area (Å²) in [5, 5.41) is 16.8. The highest BCUT2D eigenvalue weighted by Gasteiger charge is 2.31. The molecule has 1 unspecified atom stereocenters. The number of halogens is 5. The third-order valence-corrected chi connectivity index (χ3v) is 4.26. The van der Waals surface area contributed by atoms with Crippen molar-refractivity contribution in [1.82, 2.24) is 30.0 Å². The Morgan fingerprint density at radius 1 is 1.15 bits per heavy atom. The molecular formula is C18H17F5N8O3. The number of carbonyl (C=O) groups is 2. The molecule has 11 nitrogen and oxygen atoms in total. The molecule has 0 aliphatic carbocycles. The Morgan fingerprint density at radius 3 is 2.56 bits per heavy atom. The number of alkyl halides is 4. The van der Waals surface area contributed by atoms with Crippen LogP contribution in [-0.2, 0) is 24.3 Å². The van der Waals surface area contributed by atoms with Crippen LogP contribution in [0.25, 0.3) is 0 Å². The van der Waals surface area contributed by atoms with Gasteiger partial charge in [0.2, 0.25) is 5.91 Å². The molecule has 0 aliphatic rings. The van der Waals surface area contributed by atoms with Crippen molar-refractivity contribution in [2.24, 2.45) is 5.73 Å². The van der Waals surface area contributed by atoms with E-state index in [9.17, 15) is 31.5 Å². The number of aryl methyl sites for hydroxylation is 1. The minimum atomic E-state index is -4.96. The molecule has 2 amide bonds. The van der Waals surface area contributed by atoms with Crippen LogP contribution in [0.1, 0.15) is 22.5 Å². The number of nitrogens with zero attached hydrogens (tertiary/aromatic N) is 6. The molecule has 0 bridgehead atoms. The van der Waals surface area contributed by atoms with Gasteiger partial charge in [-0.25, -0.2) is 13.5 Å². The van der Waals surface area contributed by atoms with E-state index in [1.807, 2.05) is 0 Å². The molecule has 0 aliphatic heterocycles. The Morgan fingerprint density at radius 2 is 1.88 bits per heavy atom. The monoisotopic (exact) mass is 488 g/mol. The van der Waals surface area contributed by atoms with E-state index >= 15 is 0 Å². The molecule has 1 atom stereocenters. The maximum absolute atomic E-state index is 14.2. The Bertz CT molecular complexity index is 1160. The predicted octanol–water partition coefficient (Wildman–Crippen LogP) is 1.62. The number of amides is 2. The number of rotatable bonds is 10. The molecule has 0 saturated heterocycles. The molecule has 16 heteroatoms. The van der Waals surface area contributed by atoms with E-state index in [-0.39, 0.29) is 36.6 Å². The standard InChI is InChI=1S/C18H17F5N8O3/c19-11(7-31-8-14(17(24)33)26-28-31)3-4-30-9-15(27-29-30)25-16(32)6-10-5-12(1-2-13(10)20)34-18(21,22)23/h1-2,5,8-9,11H,3-4,6-7H2,(H2,24,33)(H,25,32). The molecule has 182 valence electrons. The highest BCUT2D eigenvalue weighted by molar-refractivity contribution is 5.91. The summed E-state index contributed by atoms with van der Waals surface area (Å²) in [6.07, 6.45) is -4.43. The minimum absolute atomic E-state index is 0.0142. The summed E-state index contributed by atoms with van der Waals surface area (Å²) in [5.74, 6) is -3.14. The van der Waals surface area contributed by atoms with E-state index in [0.717, 1.165) is 22.9 Å². The van der Waals surface area contributed by atoms with E-state index in [1.54, 1.807) is 0 Å². The Hall–Kier alpha value is -4.11. The van der Waals surface area contributed by atoms with Crippen LogP contribution in [-0.4, -0.2) is 54.3 Å². The number of hydrogen-bond donors (Lipinski definition) is 2. The van der Waals surface area contributed by atoms with Gasteiger partial charge in [0, 0.05) is 18.5 Å². The van der Waals surface area contributed by atoms with Gasteiger partial charge in [-0.05, 0) is 18.2 Å². The van der Waals surface area contributed by atoms with Crippen molar-refractivity contribution in [1.29, 1.82) is 0 Å². The molecule has 3 aromatic rings. The maximum atomic E-state index is 14.2. The van der Waals surface area contributed by atoms with Crippen LogP contribution in [0, 0.1) is 5.82 Å². The largest absolute Gasteiger partial charge is 0.573 e. The number of primary amides is 1. The first-order chi connectivity index (χ1) is 16.0. The molecule has 3 N–H and O–H groups in total. The lowest BCUT2D eigenvalue weighted by Gasteiger charge is -2.10. The number of nitrogens with two attached hydrogens (primary N) is 1. The average molecular weight is 488 g/mol. The summed E-state index contributed by atoms with van der Waals surface area (Å²) in [6, 6.07) is 2.30. The number of ether oxygens (including phenoxy) is 1. The lowest BCUT2D eigenvalue weighted by molar-refractivity contribution is -0.274. The molecule has 0 fully saturated rings. The average Bonchev–Trinajstić information content (AvgIpc) is 3.37. The molecular weight excluding hydrogens is 471 g/mol. The van der Waals surface area contributed by atoms with Crippen molar-refractivity contribution in [2.75, 3.05) is 5.32 Å². The van der Waals surface area contributed by atoms with Crippen molar-refractivity contribution in [3.63, 3.8) is 0 Å². The lowest BCUT2D eigenvalue weighted by Crippen LogP contribution is -2.18. The minimum Gasteiger partial charge on any atom is -0.406 e. The smallest absolute Gasteiger partial charge is 0.406 e. The molecule has 2 heterocycles. The second-order valence-electron chi connectivity index (χ2n) is 6.97. The van der Waals surface area contributed by atoms with Gasteiger partial charge >= 0.3 is 6.36 Å². The van der Waals surface area contributed by atoms with Gasteiger partial charge in [-0.15, -0.1) is 23.4 Å². The van der Waals surface area contributed by atoms with E-state index in [1.165, 1.54) is 17.1 Å². The number of hydrogen-bond acceptors (Lipinski definition) is 7. The number of aromatic nitrogens is 6. The van der Waals surface area contributed by atoms with E-state index < -0.39 is 42.3 Å². The van der Waals surface area contributed by atoms with Crippen LogP contribution in [0.3, 0.4) is 0 Å². The summed E-state index contributed by atoms with van der Waals surface area (Å²) in [6.45, 7) is -0.103. The summed E-state index contributed by atoms with van der Waals surface area (Å²) >= 11 is 0.